The maximum atomic E-state index is 12.7. The molecule has 0 aliphatic carbocycles. The van der Waals surface area contributed by atoms with E-state index in [2.05, 4.69) is 16.9 Å². The lowest BCUT2D eigenvalue weighted by molar-refractivity contribution is 0.0705. The second-order valence-corrected chi connectivity index (χ2v) is 6.09. The Hall–Kier alpha value is -2.10. The van der Waals surface area contributed by atoms with Crippen LogP contribution in [0, 0.1) is 6.92 Å². The monoisotopic (exact) mass is 297 g/mol. The van der Waals surface area contributed by atoms with Gasteiger partial charge in [-0.25, -0.2) is 4.98 Å². The minimum Gasteiger partial charge on any atom is -0.346 e. The van der Waals surface area contributed by atoms with Crippen molar-refractivity contribution in [2.45, 2.75) is 39.0 Å². The van der Waals surface area contributed by atoms with E-state index in [1.54, 1.807) is 0 Å². The van der Waals surface area contributed by atoms with Crippen LogP contribution in [-0.4, -0.2) is 33.9 Å². The first kappa shape index (κ1) is 14.8. The Balaban J connectivity index is 1.71. The number of benzene rings is 1. The molecule has 1 atom stereocenters. The van der Waals surface area contributed by atoms with E-state index in [1.165, 1.54) is 5.56 Å². The van der Waals surface area contributed by atoms with Gasteiger partial charge in [-0.05, 0) is 43.9 Å². The number of likely N-dealkylation sites (tertiary alicyclic amines) is 1. The number of aromatic nitrogens is 2. The van der Waals surface area contributed by atoms with Crippen LogP contribution in [0.1, 0.15) is 53.1 Å². The Morgan fingerprint density at radius 2 is 2.14 bits per heavy atom. The number of H-pyrrole nitrogens is 1. The molecule has 0 saturated carbocycles. The molecule has 22 heavy (non-hydrogen) atoms. The van der Waals surface area contributed by atoms with Crippen molar-refractivity contribution in [1.29, 1.82) is 0 Å². The Bertz CT molecular complexity index is 645. The third-order valence-electron chi connectivity index (χ3n) is 4.43. The number of imidazole rings is 1. The van der Waals surface area contributed by atoms with Crippen LogP contribution in [0.25, 0.3) is 0 Å². The van der Waals surface area contributed by atoms with Gasteiger partial charge in [0.2, 0.25) is 0 Å². The average molecular weight is 297 g/mol. The number of hydrogen-bond donors (Lipinski definition) is 1. The Morgan fingerprint density at radius 3 is 2.77 bits per heavy atom. The molecule has 2 aromatic rings. The lowest BCUT2D eigenvalue weighted by Gasteiger charge is -2.32. The number of carbonyl (C=O) groups is 1. The second kappa shape index (κ2) is 6.34. The van der Waals surface area contributed by atoms with Crippen molar-refractivity contribution in [3.63, 3.8) is 0 Å². The Labute approximate surface area is 131 Å². The molecule has 1 amide bonds. The maximum Gasteiger partial charge on any atom is 0.253 e. The van der Waals surface area contributed by atoms with Crippen LogP contribution in [0.5, 0.6) is 0 Å². The van der Waals surface area contributed by atoms with Gasteiger partial charge < -0.3 is 9.88 Å². The van der Waals surface area contributed by atoms with Crippen molar-refractivity contribution in [1.82, 2.24) is 14.9 Å². The van der Waals surface area contributed by atoms with Gasteiger partial charge in [0.25, 0.3) is 5.91 Å². The van der Waals surface area contributed by atoms with E-state index in [9.17, 15) is 4.79 Å². The maximum absolute atomic E-state index is 12.7. The molecule has 0 unspecified atom stereocenters. The lowest BCUT2D eigenvalue weighted by Crippen LogP contribution is -2.39. The molecule has 1 aromatic heterocycles. The molecule has 1 aromatic carbocycles. The molecule has 1 aliphatic heterocycles. The summed E-state index contributed by atoms with van der Waals surface area (Å²) in [5.41, 5.74) is 3.13. The smallest absolute Gasteiger partial charge is 0.253 e. The van der Waals surface area contributed by atoms with Gasteiger partial charge in [-0.3, -0.25) is 4.79 Å². The third-order valence-corrected chi connectivity index (χ3v) is 4.43. The average Bonchev–Trinajstić information content (AvgIpc) is 3.01. The van der Waals surface area contributed by atoms with E-state index >= 15 is 0 Å². The van der Waals surface area contributed by atoms with E-state index in [0.29, 0.717) is 5.92 Å². The second-order valence-electron chi connectivity index (χ2n) is 6.09. The predicted molar refractivity (Wildman–Crippen MR) is 87.0 cm³/mol. The van der Waals surface area contributed by atoms with Crippen LogP contribution in [0.4, 0.5) is 0 Å². The zero-order chi connectivity index (χ0) is 15.5. The molecule has 0 bridgehead atoms. The summed E-state index contributed by atoms with van der Waals surface area (Å²) in [6, 6.07) is 7.98. The van der Waals surface area contributed by atoms with Crippen molar-refractivity contribution in [3.05, 3.63) is 53.1 Å². The van der Waals surface area contributed by atoms with Crippen molar-refractivity contribution in [2.24, 2.45) is 0 Å². The molecule has 0 radical (unpaired) electrons. The summed E-state index contributed by atoms with van der Waals surface area (Å²) >= 11 is 0. The van der Waals surface area contributed by atoms with E-state index < -0.39 is 0 Å². The number of aromatic amines is 1. The van der Waals surface area contributed by atoms with Crippen LogP contribution in [0.2, 0.25) is 0 Å². The van der Waals surface area contributed by atoms with E-state index in [0.717, 1.165) is 49.4 Å². The van der Waals surface area contributed by atoms with Crippen molar-refractivity contribution in [2.75, 3.05) is 13.1 Å². The molecular weight excluding hydrogens is 274 g/mol. The number of carbonyl (C=O) groups excluding carboxylic acids is 1. The van der Waals surface area contributed by atoms with Crippen LogP contribution >= 0.6 is 0 Å². The Kier molecular flexibility index (Phi) is 4.27. The van der Waals surface area contributed by atoms with Crippen LogP contribution in [-0.2, 0) is 6.42 Å². The van der Waals surface area contributed by atoms with Crippen molar-refractivity contribution < 1.29 is 4.79 Å². The van der Waals surface area contributed by atoms with Crippen LogP contribution in [0.3, 0.4) is 0 Å². The molecule has 1 N–H and O–H groups in total. The molecule has 2 heterocycles. The lowest BCUT2D eigenvalue weighted by atomic mass is 9.96. The van der Waals surface area contributed by atoms with Crippen LogP contribution < -0.4 is 0 Å². The molecule has 1 fully saturated rings. The summed E-state index contributed by atoms with van der Waals surface area (Å²) in [4.78, 5) is 22.4. The highest BCUT2D eigenvalue weighted by Gasteiger charge is 2.26. The van der Waals surface area contributed by atoms with Gasteiger partial charge in [-0.15, -0.1) is 0 Å². The highest BCUT2D eigenvalue weighted by Crippen LogP contribution is 2.26. The minimum absolute atomic E-state index is 0.135. The van der Waals surface area contributed by atoms with E-state index in [4.69, 9.17) is 0 Å². The number of rotatable bonds is 3. The van der Waals surface area contributed by atoms with Gasteiger partial charge >= 0.3 is 0 Å². The molecule has 3 rings (SSSR count). The van der Waals surface area contributed by atoms with Crippen LogP contribution in [0.15, 0.2) is 30.5 Å². The highest BCUT2D eigenvalue weighted by atomic mass is 16.2. The van der Waals surface area contributed by atoms with E-state index in [1.807, 2.05) is 42.3 Å². The van der Waals surface area contributed by atoms with Gasteiger partial charge in [0.1, 0.15) is 5.82 Å². The quantitative estimate of drug-likeness (QED) is 0.945. The highest BCUT2D eigenvalue weighted by molar-refractivity contribution is 5.94. The first-order valence-electron chi connectivity index (χ1n) is 8.07. The summed E-state index contributed by atoms with van der Waals surface area (Å²) in [6.45, 7) is 5.72. The first-order chi connectivity index (χ1) is 10.7. The van der Waals surface area contributed by atoms with Gasteiger partial charge in [-0.2, -0.15) is 0 Å². The fourth-order valence-corrected chi connectivity index (χ4v) is 3.09. The summed E-state index contributed by atoms with van der Waals surface area (Å²) < 4.78 is 0. The zero-order valence-corrected chi connectivity index (χ0v) is 13.3. The standard InChI is InChI=1S/C18H23N3O/c1-3-14-6-8-15(9-7-14)18(22)21-10-4-5-16(12-21)17-19-11-13(2)20-17/h6-9,11,16H,3-5,10,12H2,1-2H3,(H,19,20)/t16-/m0/s1. The summed E-state index contributed by atoms with van der Waals surface area (Å²) in [5, 5.41) is 0. The number of hydrogen-bond acceptors (Lipinski definition) is 2. The number of aryl methyl sites for hydroxylation is 2. The molecule has 4 heteroatoms. The first-order valence-corrected chi connectivity index (χ1v) is 8.07. The summed E-state index contributed by atoms with van der Waals surface area (Å²) in [7, 11) is 0. The number of piperidine rings is 1. The molecule has 116 valence electrons. The Morgan fingerprint density at radius 1 is 1.36 bits per heavy atom. The number of amides is 1. The molecular formula is C18H23N3O. The predicted octanol–water partition coefficient (Wildman–Crippen LogP) is 3.30. The van der Waals surface area contributed by atoms with E-state index in [-0.39, 0.29) is 5.91 Å². The van der Waals surface area contributed by atoms with Gasteiger partial charge in [0.05, 0.1) is 0 Å². The fraction of sp³-hybridized carbons (Fsp3) is 0.444. The minimum atomic E-state index is 0.135. The molecule has 1 saturated heterocycles. The molecule has 0 spiro atoms. The number of nitrogens with one attached hydrogen (secondary N) is 1. The van der Waals surface area contributed by atoms with Crippen molar-refractivity contribution >= 4 is 5.91 Å². The summed E-state index contributed by atoms with van der Waals surface area (Å²) in [5.74, 6) is 1.47. The molecule has 1 aliphatic rings. The van der Waals surface area contributed by atoms with Gasteiger partial charge in [0.15, 0.2) is 0 Å². The topological polar surface area (TPSA) is 49.0 Å². The van der Waals surface area contributed by atoms with Crippen molar-refractivity contribution in [3.8, 4) is 0 Å². The number of nitrogens with zero attached hydrogens (tertiary/aromatic N) is 2. The summed E-state index contributed by atoms with van der Waals surface area (Å²) in [6.07, 6.45) is 4.98. The molecule has 4 nitrogen and oxygen atoms in total. The third kappa shape index (κ3) is 3.06. The van der Waals surface area contributed by atoms with Gasteiger partial charge in [-0.1, -0.05) is 19.1 Å². The SMILES string of the molecule is CCc1ccc(C(=O)N2CCC[C@H](c3ncc(C)[nH]3)C2)cc1. The fourth-order valence-electron chi connectivity index (χ4n) is 3.09. The van der Waals surface area contributed by atoms with Gasteiger partial charge in [0, 0.05) is 36.5 Å². The normalized spacial score (nSPS) is 18.5. The largest absolute Gasteiger partial charge is 0.346 e. The zero-order valence-electron chi connectivity index (χ0n) is 13.3.